The third kappa shape index (κ3) is 6.39. The van der Waals surface area contributed by atoms with E-state index in [1.807, 2.05) is 13.8 Å². The van der Waals surface area contributed by atoms with Crippen LogP contribution >= 0.6 is 0 Å². The summed E-state index contributed by atoms with van der Waals surface area (Å²) in [5.74, 6) is 1.71. The second-order valence-electron chi connectivity index (χ2n) is 7.46. The van der Waals surface area contributed by atoms with Crippen molar-refractivity contribution in [1.82, 2.24) is 15.6 Å². The maximum atomic E-state index is 13.1. The van der Waals surface area contributed by atoms with Gasteiger partial charge in [-0.1, -0.05) is 13.3 Å². The molecule has 2 N–H and O–H groups in total. The van der Waals surface area contributed by atoms with Gasteiger partial charge in [-0.05, 0) is 50.5 Å². The van der Waals surface area contributed by atoms with Crippen LogP contribution in [0.5, 0.6) is 0 Å². The number of aliphatic imine (C=N–C) groups is 1. The Hall–Kier alpha value is -2.22. The molecule has 164 valence electrons. The molecule has 3 unspecified atom stereocenters. The number of oxazole rings is 1. The molecule has 1 fully saturated rings. The van der Waals surface area contributed by atoms with Crippen LogP contribution in [0.3, 0.4) is 0 Å². The van der Waals surface area contributed by atoms with Crippen molar-refractivity contribution in [3.8, 4) is 11.5 Å². The van der Waals surface area contributed by atoms with Crippen molar-refractivity contribution in [2.75, 3.05) is 18.8 Å². The second kappa shape index (κ2) is 11.2. The van der Waals surface area contributed by atoms with Crippen molar-refractivity contribution in [2.24, 2.45) is 4.99 Å². The Kier molecular flexibility index (Phi) is 8.42. The molecule has 2 aromatic rings. The van der Waals surface area contributed by atoms with Gasteiger partial charge in [0.2, 0.25) is 5.89 Å². The second-order valence-corrected chi connectivity index (χ2v) is 9.47. The highest BCUT2D eigenvalue weighted by Gasteiger charge is 2.26. The van der Waals surface area contributed by atoms with Gasteiger partial charge in [0.05, 0.1) is 5.69 Å². The number of hydrogen-bond donors (Lipinski definition) is 2. The Balaban J connectivity index is 1.55. The largest absolute Gasteiger partial charge is 0.444 e. The van der Waals surface area contributed by atoms with Gasteiger partial charge in [0.1, 0.15) is 12.1 Å². The van der Waals surface area contributed by atoms with Gasteiger partial charge in [0.15, 0.2) is 5.96 Å². The van der Waals surface area contributed by atoms with E-state index in [-0.39, 0.29) is 11.1 Å². The molecule has 1 aromatic carbocycles. The van der Waals surface area contributed by atoms with E-state index >= 15 is 0 Å². The Morgan fingerprint density at radius 3 is 2.83 bits per heavy atom. The smallest absolute Gasteiger partial charge is 0.226 e. The van der Waals surface area contributed by atoms with Crippen LogP contribution < -0.4 is 10.6 Å². The van der Waals surface area contributed by atoms with Crippen molar-refractivity contribution in [3.05, 3.63) is 42.0 Å². The molecule has 1 heterocycles. The van der Waals surface area contributed by atoms with E-state index in [9.17, 15) is 8.60 Å². The summed E-state index contributed by atoms with van der Waals surface area (Å²) in [5, 5.41) is 7.09. The molecule has 0 saturated heterocycles. The van der Waals surface area contributed by atoms with Gasteiger partial charge >= 0.3 is 0 Å². The van der Waals surface area contributed by atoms with E-state index in [1.165, 1.54) is 12.1 Å². The minimum Gasteiger partial charge on any atom is -0.444 e. The van der Waals surface area contributed by atoms with Crippen LogP contribution in [-0.4, -0.2) is 45.3 Å². The molecule has 0 aliphatic heterocycles. The topological polar surface area (TPSA) is 79.5 Å². The molecule has 1 saturated carbocycles. The van der Waals surface area contributed by atoms with E-state index in [0.717, 1.165) is 55.2 Å². The fraction of sp³-hybridized carbons (Fsp3) is 0.545. The van der Waals surface area contributed by atoms with Crippen LogP contribution in [0.1, 0.15) is 45.2 Å². The zero-order valence-corrected chi connectivity index (χ0v) is 18.5. The summed E-state index contributed by atoms with van der Waals surface area (Å²) in [4.78, 5) is 9.15. The summed E-state index contributed by atoms with van der Waals surface area (Å²) >= 11 is 0. The van der Waals surface area contributed by atoms with Gasteiger partial charge in [-0.15, -0.1) is 0 Å². The predicted molar refractivity (Wildman–Crippen MR) is 119 cm³/mol. The summed E-state index contributed by atoms with van der Waals surface area (Å²) in [6, 6.07) is 6.39. The van der Waals surface area contributed by atoms with E-state index in [4.69, 9.17) is 4.42 Å². The van der Waals surface area contributed by atoms with Crippen LogP contribution in [0, 0.1) is 5.82 Å². The lowest BCUT2D eigenvalue weighted by Gasteiger charge is -2.30. The quantitative estimate of drug-likeness (QED) is 0.490. The summed E-state index contributed by atoms with van der Waals surface area (Å²) in [6.45, 7) is 5.38. The number of halogens is 1. The van der Waals surface area contributed by atoms with Gasteiger partial charge in [-0.3, -0.25) is 9.20 Å². The van der Waals surface area contributed by atoms with Gasteiger partial charge in [0.25, 0.3) is 0 Å². The maximum absolute atomic E-state index is 13.1. The zero-order chi connectivity index (χ0) is 21.3. The average molecular weight is 435 g/mol. The summed E-state index contributed by atoms with van der Waals surface area (Å²) in [6.07, 6.45) is 6.42. The van der Waals surface area contributed by atoms with E-state index in [1.54, 1.807) is 18.4 Å². The number of nitrogens with zero attached hydrogens (tertiary/aromatic N) is 2. The van der Waals surface area contributed by atoms with Gasteiger partial charge in [0, 0.05) is 52.9 Å². The Morgan fingerprint density at radius 2 is 2.10 bits per heavy atom. The molecule has 3 rings (SSSR count). The fourth-order valence-electron chi connectivity index (χ4n) is 3.69. The van der Waals surface area contributed by atoms with Gasteiger partial charge in [-0.2, -0.15) is 0 Å². The predicted octanol–water partition coefficient (Wildman–Crippen LogP) is 3.66. The van der Waals surface area contributed by atoms with Crippen molar-refractivity contribution in [2.45, 2.75) is 57.2 Å². The highest BCUT2D eigenvalue weighted by molar-refractivity contribution is 7.85. The third-order valence-corrected chi connectivity index (χ3v) is 6.99. The molecular weight excluding hydrogens is 403 g/mol. The van der Waals surface area contributed by atoms with Crippen molar-refractivity contribution in [3.63, 3.8) is 0 Å². The zero-order valence-electron chi connectivity index (χ0n) is 17.7. The normalized spacial score (nSPS) is 20.7. The molecule has 0 bridgehead atoms. The molecule has 6 nitrogen and oxygen atoms in total. The molecule has 1 aliphatic carbocycles. The fourth-order valence-corrected chi connectivity index (χ4v) is 5.04. The average Bonchev–Trinajstić information content (AvgIpc) is 3.23. The molecule has 0 amide bonds. The standard InChI is InChI=1S/C22H31FN4O2S/c1-3-24-22(27-18-6-5-7-20(14-18)30(28)4-2)25-13-12-19-15-29-21(26-19)16-8-10-17(23)11-9-16/h8-11,15,18,20H,3-7,12-14H2,1-2H3,(H2,24,25,27). The van der Waals surface area contributed by atoms with Crippen molar-refractivity contribution >= 4 is 16.8 Å². The SMILES string of the molecule is CCNC(=NCCc1coc(-c2ccc(F)cc2)n1)NC1CCCC(S(=O)CC)C1. The number of hydrogen-bond acceptors (Lipinski definition) is 4. The molecule has 0 spiro atoms. The molecule has 0 radical (unpaired) electrons. The molecule has 30 heavy (non-hydrogen) atoms. The highest BCUT2D eigenvalue weighted by Crippen LogP contribution is 2.23. The summed E-state index contributed by atoms with van der Waals surface area (Å²) in [5.41, 5.74) is 1.56. The highest BCUT2D eigenvalue weighted by atomic mass is 32.2. The first-order valence-electron chi connectivity index (χ1n) is 10.7. The van der Waals surface area contributed by atoms with Gasteiger partial charge in [-0.25, -0.2) is 9.37 Å². The number of benzene rings is 1. The third-order valence-electron chi connectivity index (χ3n) is 5.25. The van der Waals surface area contributed by atoms with Crippen LogP contribution in [-0.2, 0) is 17.2 Å². The number of rotatable bonds is 8. The first-order chi connectivity index (χ1) is 14.6. The molecule has 1 aromatic heterocycles. The van der Waals surface area contributed by atoms with Crippen LogP contribution in [0.25, 0.3) is 11.5 Å². The molecule has 8 heteroatoms. The molecular formula is C22H31FN4O2S. The van der Waals surface area contributed by atoms with E-state index < -0.39 is 10.8 Å². The first kappa shape index (κ1) is 22.5. The van der Waals surface area contributed by atoms with Crippen LogP contribution in [0.15, 0.2) is 39.9 Å². The van der Waals surface area contributed by atoms with Crippen molar-refractivity contribution < 1.29 is 13.0 Å². The maximum Gasteiger partial charge on any atom is 0.226 e. The van der Waals surface area contributed by atoms with Crippen LogP contribution in [0.2, 0.25) is 0 Å². The minimum atomic E-state index is -0.738. The Labute approximate surface area is 180 Å². The van der Waals surface area contributed by atoms with Crippen LogP contribution in [0.4, 0.5) is 4.39 Å². The number of nitrogens with one attached hydrogen (secondary N) is 2. The van der Waals surface area contributed by atoms with Gasteiger partial charge < -0.3 is 15.1 Å². The lowest BCUT2D eigenvalue weighted by Crippen LogP contribution is -2.46. The monoisotopic (exact) mass is 434 g/mol. The first-order valence-corrected chi connectivity index (χ1v) is 12.1. The summed E-state index contributed by atoms with van der Waals surface area (Å²) in [7, 11) is -0.738. The lowest BCUT2D eigenvalue weighted by molar-refractivity contribution is 0.413. The molecule has 3 atom stereocenters. The Morgan fingerprint density at radius 1 is 1.30 bits per heavy atom. The van der Waals surface area contributed by atoms with Crippen molar-refractivity contribution in [1.29, 1.82) is 0 Å². The molecule has 1 aliphatic rings. The van der Waals surface area contributed by atoms with E-state index in [0.29, 0.717) is 24.9 Å². The lowest BCUT2D eigenvalue weighted by atomic mass is 9.95. The Bertz CT molecular complexity index is 853. The summed E-state index contributed by atoms with van der Waals surface area (Å²) < 4.78 is 30.8. The number of guanidine groups is 1. The minimum absolute atomic E-state index is 0.282. The number of aromatic nitrogens is 1. The van der Waals surface area contributed by atoms with E-state index in [2.05, 4.69) is 20.6 Å².